The van der Waals surface area contributed by atoms with Crippen molar-refractivity contribution in [2.24, 2.45) is 5.92 Å². The van der Waals surface area contributed by atoms with Crippen LogP contribution in [-0.4, -0.2) is 10.4 Å². The fraction of sp³-hybridized carbons (Fsp3) is 0.364. The van der Waals surface area contributed by atoms with E-state index in [0.29, 0.717) is 10.3 Å². The van der Waals surface area contributed by atoms with Crippen LogP contribution in [0, 0.1) is 5.92 Å². The Morgan fingerprint density at radius 2 is 2.27 bits per heavy atom. The van der Waals surface area contributed by atoms with E-state index in [4.69, 9.17) is 23.2 Å². The number of hydrogen-bond donors (Lipinski definition) is 1. The van der Waals surface area contributed by atoms with Gasteiger partial charge in [0.05, 0.1) is 10.6 Å². The first kappa shape index (κ1) is 10.8. The van der Waals surface area contributed by atoms with Gasteiger partial charge >= 0.3 is 0 Å². The largest absolute Gasteiger partial charge is 0.329 e. The van der Waals surface area contributed by atoms with Gasteiger partial charge in [0, 0.05) is 17.1 Å². The number of aromatic nitrogens is 1. The van der Waals surface area contributed by atoms with Crippen LogP contribution in [0.15, 0.2) is 17.1 Å². The van der Waals surface area contributed by atoms with Crippen LogP contribution in [0.2, 0.25) is 0 Å². The summed E-state index contributed by atoms with van der Waals surface area (Å²) >= 11 is 12.4. The zero-order valence-corrected chi connectivity index (χ0v) is 9.77. The highest BCUT2D eigenvalue weighted by molar-refractivity contribution is 6.46. The van der Waals surface area contributed by atoms with E-state index in [9.17, 15) is 4.79 Å². The fourth-order valence-electron chi connectivity index (χ4n) is 1.90. The van der Waals surface area contributed by atoms with Gasteiger partial charge in [-0.2, -0.15) is 0 Å². The first-order valence-electron chi connectivity index (χ1n) is 4.88. The molecule has 2 nitrogen and oxygen atoms in total. The molecule has 0 saturated carbocycles. The van der Waals surface area contributed by atoms with Gasteiger partial charge in [-0.15, -0.1) is 11.6 Å². The van der Waals surface area contributed by atoms with Gasteiger partial charge in [-0.1, -0.05) is 24.6 Å². The lowest BCUT2D eigenvalue weighted by atomic mass is 9.95. The van der Waals surface area contributed by atoms with Gasteiger partial charge in [-0.05, 0) is 17.7 Å². The van der Waals surface area contributed by atoms with E-state index < -0.39 is 0 Å². The van der Waals surface area contributed by atoms with Gasteiger partial charge in [0.25, 0.3) is 5.56 Å². The predicted octanol–water partition coefficient (Wildman–Crippen LogP) is 1.15. The van der Waals surface area contributed by atoms with Gasteiger partial charge < -0.3 is 4.98 Å². The van der Waals surface area contributed by atoms with Gasteiger partial charge in [-0.3, -0.25) is 4.79 Å². The molecule has 4 heteroatoms. The molecule has 1 aromatic rings. The number of nitrogens with one attached hydrogen (secondary N) is 1. The van der Waals surface area contributed by atoms with Crippen molar-refractivity contribution in [2.75, 3.05) is 0 Å². The third kappa shape index (κ3) is 1.72. The van der Waals surface area contributed by atoms with E-state index in [1.807, 2.05) is 19.1 Å². The number of H-pyrrole nitrogens is 1. The summed E-state index contributed by atoms with van der Waals surface area (Å²) in [5.74, 6) is 0.0457. The Balaban J connectivity index is 2.86. The van der Waals surface area contributed by atoms with Gasteiger partial charge in [0.1, 0.15) is 0 Å². The maximum Gasteiger partial charge on any atom is 0.256 e. The third-order valence-corrected chi connectivity index (χ3v) is 3.62. The summed E-state index contributed by atoms with van der Waals surface area (Å²) in [6.45, 7) is 2.01. The zero-order chi connectivity index (χ0) is 11.0. The number of rotatable bonds is 1. The van der Waals surface area contributed by atoms with Crippen molar-refractivity contribution in [3.8, 4) is 0 Å². The lowest BCUT2D eigenvalue weighted by Crippen LogP contribution is -2.46. The summed E-state index contributed by atoms with van der Waals surface area (Å²) in [6, 6.07) is 1.82. The highest BCUT2D eigenvalue weighted by atomic mass is 35.5. The summed E-state index contributed by atoms with van der Waals surface area (Å²) in [4.78, 5) is 14.2. The molecule has 1 aliphatic rings. The monoisotopic (exact) mass is 243 g/mol. The van der Waals surface area contributed by atoms with E-state index in [1.54, 1.807) is 6.20 Å². The van der Waals surface area contributed by atoms with Crippen LogP contribution in [0.4, 0.5) is 0 Å². The van der Waals surface area contributed by atoms with Crippen LogP contribution in [0.3, 0.4) is 0 Å². The second kappa shape index (κ2) is 4.03. The van der Waals surface area contributed by atoms with Crippen molar-refractivity contribution >= 4 is 34.3 Å². The molecule has 2 atom stereocenters. The van der Waals surface area contributed by atoms with Gasteiger partial charge in [0.15, 0.2) is 0 Å². The van der Waals surface area contributed by atoms with E-state index in [0.717, 1.165) is 11.6 Å². The molecule has 1 aliphatic carbocycles. The SMILES string of the molecule is CCC1C(Cl)=c2c(cc[nH]c2=O)=CC1Cl. The Morgan fingerprint density at radius 1 is 1.53 bits per heavy atom. The average molecular weight is 244 g/mol. The van der Waals surface area contributed by atoms with Crippen LogP contribution in [0.5, 0.6) is 0 Å². The molecule has 2 unspecified atom stereocenters. The van der Waals surface area contributed by atoms with Crippen molar-refractivity contribution in [3.63, 3.8) is 0 Å². The predicted molar refractivity (Wildman–Crippen MR) is 63.5 cm³/mol. The summed E-state index contributed by atoms with van der Waals surface area (Å²) in [6.07, 6.45) is 4.33. The van der Waals surface area contributed by atoms with Crippen molar-refractivity contribution in [1.82, 2.24) is 4.98 Å². The number of halogens is 2. The minimum atomic E-state index is -0.143. The normalized spacial score (nSPS) is 24.6. The summed E-state index contributed by atoms with van der Waals surface area (Å²) in [5.41, 5.74) is -0.143. The minimum absolute atomic E-state index is 0.0457. The van der Waals surface area contributed by atoms with E-state index >= 15 is 0 Å². The van der Waals surface area contributed by atoms with E-state index in [1.165, 1.54) is 0 Å². The maximum atomic E-state index is 11.6. The standard InChI is InChI=1S/C11H11Cl2NO/c1-2-7-8(12)5-6-3-4-14-11(15)9(6)10(7)13/h3-5,7-8H,2H2,1H3,(H,14,15). The Kier molecular flexibility index (Phi) is 2.89. The molecule has 0 amide bonds. The molecule has 0 spiro atoms. The molecule has 2 rings (SSSR count). The molecule has 0 fully saturated rings. The Bertz CT molecular complexity index is 546. The average Bonchev–Trinajstić information content (AvgIpc) is 2.17. The molecule has 0 aromatic carbocycles. The quantitative estimate of drug-likeness (QED) is 0.738. The fourth-order valence-corrected chi connectivity index (χ4v) is 2.89. The van der Waals surface area contributed by atoms with Crippen LogP contribution in [0.1, 0.15) is 13.3 Å². The summed E-state index contributed by atoms with van der Waals surface area (Å²) in [5, 5.41) is 1.85. The van der Waals surface area contributed by atoms with E-state index in [2.05, 4.69) is 4.98 Å². The molecule has 0 radical (unpaired) electrons. The van der Waals surface area contributed by atoms with Crippen LogP contribution in [-0.2, 0) is 0 Å². The van der Waals surface area contributed by atoms with Crippen LogP contribution in [0.25, 0.3) is 11.1 Å². The van der Waals surface area contributed by atoms with Crippen molar-refractivity contribution in [3.05, 3.63) is 33.1 Å². The Labute approximate surface area is 97.2 Å². The van der Waals surface area contributed by atoms with Crippen molar-refractivity contribution in [2.45, 2.75) is 18.7 Å². The van der Waals surface area contributed by atoms with Crippen LogP contribution >= 0.6 is 23.2 Å². The molecular formula is C11H11Cl2NO. The van der Waals surface area contributed by atoms with Crippen molar-refractivity contribution < 1.29 is 0 Å². The lowest BCUT2D eigenvalue weighted by Gasteiger charge is -2.20. The van der Waals surface area contributed by atoms with Crippen LogP contribution < -0.4 is 16.0 Å². The van der Waals surface area contributed by atoms with Crippen molar-refractivity contribution in [1.29, 1.82) is 0 Å². The molecular weight excluding hydrogens is 233 g/mol. The second-order valence-electron chi connectivity index (χ2n) is 3.61. The Hall–Kier alpha value is -0.730. The number of pyridine rings is 1. The number of fused-ring (bicyclic) bond motifs is 1. The van der Waals surface area contributed by atoms with Gasteiger partial charge in [0.2, 0.25) is 0 Å². The third-order valence-electron chi connectivity index (χ3n) is 2.72. The molecule has 0 aliphatic heterocycles. The topological polar surface area (TPSA) is 32.9 Å². The first-order chi connectivity index (χ1) is 7.15. The van der Waals surface area contributed by atoms with E-state index in [-0.39, 0.29) is 16.9 Å². The summed E-state index contributed by atoms with van der Waals surface area (Å²) < 4.78 is 0. The zero-order valence-electron chi connectivity index (χ0n) is 8.26. The highest BCUT2D eigenvalue weighted by Crippen LogP contribution is 2.28. The Morgan fingerprint density at radius 3 is 2.93 bits per heavy atom. The molecule has 15 heavy (non-hydrogen) atoms. The minimum Gasteiger partial charge on any atom is -0.329 e. The molecule has 0 saturated heterocycles. The molecule has 1 aromatic heterocycles. The molecule has 1 heterocycles. The second-order valence-corrected chi connectivity index (χ2v) is 4.52. The summed E-state index contributed by atoms with van der Waals surface area (Å²) in [7, 11) is 0. The molecule has 80 valence electrons. The van der Waals surface area contributed by atoms with Gasteiger partial charge in [-0.25, -0.2) is 0 Å². The maximum absolute atomic E-state index is 11.6. The highest BCUT2D eigenvalue weighted by Gasteiger charge is 2.23. The molecule has 1 N–H and O–H groups in total. The number of hydrogen-bond acceptors (Lipinski definition) is 1. The number of alkyl halides is 1. The smallest absolute Gasteiger partial charge is 0.256 e. The first-order valence-corrected chi connectivity index (χ1v) is 5.70. The molecule has 0 bridgehead atoms. The number of aromatic amines is 1. The lowest BCUT2D eigenvalue weighted by molar-refractivity contribution is 0.679.